The molecule has 166 valence electrons. The van der Waals surface area contributed by atoms with Crippen molar-refractivity contribution in [3.8, 4) is 0 Å². The van der Waals surface area contributed by atoms with Crippen LogP contribution in [-0.4, -0.2) is 76.8 Å². The molecular weight excluding hydrogens is 388 g/mol. The van der Waals surface area contributed by atoms with Gasteiger partial charge in [0.25, 0.3) is 5.56 Å². The Morgan fingerprint density at radius 1 is 1.03 bits per heavy atom. The van der Waals surface area contributed by atoms with Crippen molar-refractivity contribution in [2.75, 3.05) is 45.9 Å². The molecule has 0 spiro atoms. The molecule has 2 fully saturated rings. The largest absolute Gasteiger partial charge is 0.370 e. The van der Waals surface area contributed by atoms with E-state index >= 15 is 0 Å². The van der Waals surface area contributed by atoms with Crippen LogP contribution in [0.2, 0.25) is 0 Å². The Kier molecular flexibility index (Phi) is 6.10. The molecule has 2 aromatic rings. The first-order valence-corrected chi connectivity index (χ1v) is 10.9. The van der Waals surface area contributed by atoms with Crippen molar-refractivity contribution in [2.24, 2.45) is 14.1 Å². The molecule has 0 saturated carbocycles. The fourth-order valence-corrected chi connectivity index (χ4v) is 4.80. The van der Waals surface area contributed by atoms with E-state index in [2.05, 4.69) is 18.4 Å². The predicted octanol–water partition coefficient (Wildman–Crippen LogP) is -3.46. The molecule has 10 heteroatoms. The van der Waals surface area contributed by atoms with Crippen LogP contribution >= 0.6 is 0 Å². The van der Waals surface area contributed by atoms with Crippen molar-refractivity contribution < 1.29 is 19.3 Å². The van der Waals surface area contributed by atoms with E-state index in [1.54, 1.807) is 7.05 Å². The van der Waals surface area contributed by atoms with E-state index in [0.29, 0.717) is 24.3 Å². The lowest BCUT2D eigenvalue weighted by molar-refractivity contribution is -0.929. The summed E-state index contributed by atoms with van der Waals surface area (Å²) in [6.07, 6.45) is 0.383. The van der Waals surface area contributed by atoms with E-state index < -0.39 is 0 Å². The van der Waals surface area contributed by atoms with Gasteiger partial charge < -0.3 is 23.8 Å². The number of aryl methyl sites for hydroxylation is 1. The Labute approximate surface area is 175 Å². The first-order chi connectivity index (χ1) is 14.3. The lowest BCUT2D eigenvalue weighted by Gasteiger charge is -2.32. The van der Waals surface area contributed by atoms with Crippen LogP contribution in [-0.2, 0) is 36.7 Å². The zero-order chi connectivity index (χ0) is 21.4. The van der Waals surface area contributed by atoms with Crippen LogP contribution in [0.1, 0.15) is 19.7 Å². The predicted molar refractivity (Wildman–Crippen MR) is 111 cm³/mol. The number of morpholine rings is 2. The molecule has 4 rings (SSSR count). The molecule has 0 aromatic carbocycles. The van der Waals surface area contributed by atoms with Gasteiger partial charge in [-0.25, -0.2) is 9.78 Å². The van der Waals surface area contributed by atoms with Crippen molar-refractivity contribution in [1.29, 1.82) is 0 Å². The van der Waals surface area contributed by atoms with Gasteiger partial charge in [-0.1, -0.05) is 0 Å². The minimum Gasteiger partial charge on any atom is -0.370 e. The van der Waals surface area contributed by atoms with Crippen molar-refractivity contribution >= 4 is 11.2 Å². The minimum atomic E-state index is -0.344. The number of nitrogens with zero attached hydrogens (tertiary/aromatic N) is 4. The second-order valence-electron chi connectivity index (χ2n) is 8.76. The quantitative estimate of drug-likeness (QED) is 0.523. The Bertz CT molecular complexity index is 1010. The topological polar surface area (TPSA) is 89.2 Å². The highest BCUT2D eigenvalue weighted by Gasteiger charge is 2.29. The smallest absolute Gasteiger partial charge is 0.332 e. The maximum Gasteiger partial charge on any atom is 0.332 e. The van der Waals surface area contributed by atoms with Crippen LogP contribution in [0, 0.1) is 0 Å². The standard InChI is InChI=1S/C20H32N6O4/c1-14-11-25(12-15(2)30-14)13-16-21-18-17(19(27)23(4)20(28)22(18)3)26(16)6-5-24-7-9-29-10-8-24/h14-15H,5-13H2,1-4H3/p+2/t14-,15-/m0/s1. The Morgan fingerprint density at radius 3 is 2.37 bits per heavy atom. The number of nitrogens with one attached hydrogen (secondary N) is 2. The third-order valence-corrected chi connectivity index (χ3v) is 6.34. The van der Waals surface area contributed by atoms with Gasteiger partial charge in [-0.3, -0.25) is 13.9 Å². The fourth-order valence-electron chi connectivity index (χ4n) is 4.80. The summed E-state index contributed by atoms with van der Waals surface area (Å²) in [6, 6.07) is 0. The van der Waals surface area contributed by atoms with E-state index in [1.165, 1.54) is 26.0 Å². The van der Waals surface area contributed by atoms with Crippen LogP contribution in [0.15, 0.2) is 9.59 Å². The third-order valence-electron chi connectivity index (χ3n) is 6.34. The van der Waals surface area contributed by atoms with Crippen molar-refractivity contribution in [3.63, 3.8) is 0 Å². The second kappa shape index (κ2) is 8.62. The Balaban J connectivity index is 1.71. The number of fused-ring (bicyclic) bond motifs is 1. The van der Waals surface area contributed by atoms with Crippen LogP contribution in [0.4, 0.5) is 0 Å². The molecule has 2 aliphatic rings. The van der Waals surface area contributed by atoms with Gasteiger partial charge in [0, 0.05) is 14.1 Å². The molecule has 0 bridgehead atoms. The average Bonchev–Trinajstić information content (AvgIpc) is 3.07. The average molecular weight is 423 g/mol. The van der Waals surface area contributed by atoms with E-state index in [0.717, 1.165) is 51.8 Å². The van der Waals surface area contributed by atoms with E-state index in [9.17, 15) is 9.59 Å². The summed E-state index contributed by atoms with van der Waals surface area (Å²) in [7, 11) is 3.22. The summed E-state index contributed by atoms with van der Waals surface area (Å²) in [5.74, 6) is 0.868. The summed E-state index contributed by atoms with van der Waals surface area (Å²) in [6.45, 7) is 11.8. The zero-order valence-electron chi connectivity index (χ0n) is 18.4. The highest BCUT2D eigenvalue weighted by Crippen LogP contribution is 2.11. The number of ether oxygens (including phenoxy) is 2. The summed E-state index contributed by atoms with van der Waals surface area (Å²) in [5.41, 5.74) is 0.380. The van der Waals surface area contributed by atoms with E-state index in [4.69, 9.17) is 14.5 Å². The molecule has 2 N–H and O–H groups in total. The maximum absolute atomic E-state index is 13.0. The van der Waals surface area contributed by atoms with Gasteiger partial charge in [-0.2, -0.15) is 0 Å². The summed E-state index contributed by atoms with van der Waals surface area (Å²) in [5, 5.41) is 0. The number of quaternary nitrogens is 2. The fraction of sp³-hybridized carbons (Fsp3) is 0.750. The SMILES string of the molecule is C[C@H]1C[NH+](Cc2nc3c(c(=O)n(C)c(=O)n3C)n2CC[NH+]2CCOCC2)C[C@H](C)O1. The third kappa shape index (κ3) is 4.09. The van der Waals surface area contributed by atoms with E-state index in [1.807, 2.05) is 0 Å². The molecule has 4 heterocycles. The van der Waals surface area contributed by atoms with Gasteiger partial charge in [0.1, 0.15) is 44.9 Å². The first-order valence-electron chi connectivity index (χ1n) is 10.9. The highest BCUT2D eigenvalue weighted by atomic mass is 16.5. The Morgan fingerprint density at radius 2 is 1.70 bits per heavy atom. The van der Waals surface area contributed by atoms with Gasteiger partial charge in [0.2, 0.25) is 0 Å². The summed E-state index contributed by atoms with van der Waals surface area (Å²) < 4.78 is 16.1. The highest BCUT2D eigenvalue weighted by molar-refractivity contribution is 5.71. The monoisotopic (exact) mass is 422 g/mol. The van der Waals surface area contributed by atoms with Gasteiger partial charge in [0.15, 0.2) is 17.0 Å². The number of hydrogen-bond acceptors (Lipinski definition) is 5. The molecule has 0 unspecified atom stereocenters. The summed E-state index contributed by atoms with van der Waals surface area (Å²) in [4.78, 5) is 33.1. The van der Waals surface area contributed by atoms with Crippen LogP contribution in [0.3, 0.4) is 0 Å². The van der Waals surface area contributed by atoms with Crippen molar-refractivity contribution in [1.82, 2.24) is 18.7 Å². The van der Waals surface area contributed by atoms with Crippen LogP contribution in [0.25, 0.3) is 11.2 Å². The number of aromatic nitrogens is 4. The number of imidazole rings is 1. The van der Waals surface area contributed by atoms with Gasteiger partial charge in [-0.05, 0) is 13.8 Å². The molecule has 2 aromatic heterocycles. The molecule has 0 amide bonds. The molecule has 2 saturated heterocycles. The maximum atomic E-state index is 13.0. The van der Waals surface area contributed by atoms with E-state index in [-0.39, 0.29) is 23.5 Å². The zero-order valence-corrected chi connectivity index (χ0v) is 18.4. The van der Waals surface area contributed by atoms with Gasteiger partial charge in [0.05, 0.1) is 26.3 Å². The molecule has 2 aliphatic heterocycles. The lowest BCUT2D eigenvalue weighted by Crippen LogP contribution is -3.14. The molecule has 30 heavy (non-hydrogen) atoms. The molecular formula is C20H34N6O4+2. The number of rotatable bonds is 5. The van der Waals surface area contributed by atoms with Crippen LogP contribution < -0.4 is 21.0 Å². The molecule has 2 atom stereocenters. The van der Waals surface area contributed by atoms with Crippen molar-refractivity contribution in [2.45, 2.75) is 39.1 Å². The van der Waals surface area contributed by atoms with Gasteiger partial charge >= 0.3 is 5.69 Å². The lowest BCUT2D eigenvalue weighted by atomic mass is 10.2. The Hall–Kier alpha value is -2.01. The molecule has 0 aliphatic carbocycles. The minimum absolute atomic E-state index is 0.191. The van der Waals surface area contributed by atoms with Crippen molar-refractivity contribution in [3.05, 3.63) is 26.7 Å². The first kappa shape index (κ1) is 21.2. The van der Waals surface area contributed by atoms with Gasteiger partial charge in [-0.15, -0.1) is 0 Å². The molecule has 10 nitrogen and oxygen atoms in total. The molecule has 0 radical (unpaired) electrons. The number of hydrogen-bond donors (Lipinski definition) is 2. The normalized spacial score (nSPS) is 25.8. The van der Waals surface area contributed by atoms with Crippen LogP contribution in [0.5, 0.6) is 0 Å². The second-order valence-corrected chi connectivity index (χ2v) is 8.76. The summed E-state index contributed by atoms with van der Waals surface area (Å²) >= 11 is 0.